The van der Waals surface area contributed by atoms with Crippen molar-refractivity contribution in [1.29, 1.82) is 0 Å². The van der Waals surface area contributed by atoms with E-state index in [1.54, 1.807) is 14.2 Å². The summed E-state index contributed by atoms with van der Waals surface area (Å²) in [5.74, 6) is 1.59. The molecule has 0 unspecified atom stereocenters. The molecule has 0 spiro atoms. The van der Waals surface area contributed by atoms with E-state index in [1.807, 2.05) is 55.6 Å². The van der Waals surface area contributed by atoms with Crippen LogP contribution in [0.3, 0.4) is 0 Å². The molecule has 0 aromatic heterocycles. The topological polar surface area (TPSA) is 30.8 Å². The molecule has 21 heavy (non-hydrogen) atoms. The fraction of sp³-hybridized carbons (Fsp3) is 0.235. The molecule has 0 bridgehead atoms. The number of nitrogens with zero attached hydrogens (tertiary/aromatic N) is 1. The number of benzene rings is 2. The van der Waals surface area contributed by atoms with Crippen LogP contribution in [0.15, 0.2) is 47.5 Å². The summed E-state index contributed by atoms with van der Waals surface area (Å²) in [5, 5.41) is 0.717. The molecule has 1 atom stereocenters. The molecule has 0 N–H and O–H groups in total. The van der Waals surface area contributed by atoms with Gasteiger partial charge < -0.3 is 9.47 Å². The first-order valence-electron chi connectivity index (χ1n) is 6.64. The molecule has 3 nitrogen and oxygen atoms in total. The summed E-state index contributed by atoms with van der Waals surface area (Å²) in [6.07, 6.45) is 1.83. The van der Waals surface area contributed by atoms with Crippen LogP contribution >= 0.6 is 11.6 Å². The molecule has 0 radical (unpaired) electrons. The standard InChI is InChI=1S/C17H18ClNO2/c1-12(19-11-13-4-6-14(18)7-5-13)16-10-15(20-2)8-9-17(16)21-3/h4-12H,1-3H3/t12-/m1/s1. The minimum Gasteiger partial charge on any atom is -0.497 e. The van der Waals surface area contributed by atoms with E-state index in [4.69, 9.17) is 21.1 Å². The summed E-state index contributed by atoms with van der Waals surface area (Å²) in [6, 6.07) is 13.2. The van der Waals surface area contributed by atoms with Gasteiger partial charge in [-0.2, -0.15) is 0 Å². The van der Waals surface area contributed by atoms with Gasteiger partial charge in [-0.15, -0.1) is 0 Å². The van der Waals surface area contributed by atoms with E-state index in [0.717, 1.165) is 27.6 Å². The number of halogens is 1. The average molecular weight is 304 g/mol. The smallest absolute Gasteiger partial charge is 0.124 e. The van der Waals surface area contributed by atoms with Crippen LogP contribution in [-0.2, 0) is 0 Å². The fourth-order valence-corrected chi connectivity index (χ4v) is 2.12. The number of rotatable bonds is 5. The highest BCUT2D eigenvalue weighted by molar-refractivity contribution is 6.30. The second kappa shape index (κ2) is 7.14. The maximum Gasteiger partial charge on any atom is 0.124 e. The van der Waals surface area contributed by atoms with Crippen molar-refractivity contribution in [3.63, 3.8) is 0 Å². The number of hydrogen-bond donors (Lipinski definition) is 0. The van der Waals surface area contributed by atoms with E-state index < -0.39 is 0 Å². The Morgan fingerprint density at radius 1 is 1.05 bits per heavy atom. The molecule has 0 aliphatic carbocycles. The van der Waals surface area contributed by atoms with Gasteiger partial charge in [-0.25, -0.2) is 0 Å². The van der Waals surface area contributed by atoms with Gasteiger partial charge in [0.1, 0.15) is 11.5 Å². The van der Waals surface area contributed by atoms with Crippen molar-refractivity contribution in [3.05, 3.63) is 58.6 Å². The van der Waals surface area contributed by atoms with Crippen LogP contribution in [0.4, 0.5) is 0 Å². The van der Waals surface area contributed by atoms with E-state index in [-0.39, 0.29) is 6.04 Å². The Hall–Kier alpha value is -2.00. The molecule has 0 aliphatic heterocycles. The molecule has 2 rings (SSSR count). The Labute approximate surface area is 130 Å². The summed E-state index contributed by atoms with van der Waals surface area (Å²) in [5.41, 5.74) is 2.00. The number of methoxy groups -OCH3 is 2. The van der Waals surface area contributed by atoms with E-state index in [9.17, 15) is 0 Å². The Kier molecular flexibility index (Phi) is 5.23. The Morgan fingerprint density at radius 3 is 2.38 bits per heavy atom. The molecule has 0 aliphatic rings. The molecule has 0 amide bonds. The molecule has 2 aromatic rings. The molecule has 4 heteroatoms. The number of hydrogen-bond acceptors (Lipinski definition) is 3. The first-order chi connectivity index (χ1) is 10.1. The van der Waals surface area contributed by atoms with E-state index in [0.29, 0.717) is 0 Å². The average Bonchev–Trinajstić information content (AvgIpc) is 2.53. The zero-order valence-electron chi connectivity index (χ0n) is 12.3. The lowest BCUT2D eigenvalue weighted by atomic mass is 10.1. The van der Waals surface area contributed by atoms with Gasteiger partial charge in [0.15, 0.2) is 0 Å². The largest absolute Gasteiger partial charge is 0.497 e. The summed E-state index contributed by atoms with van der Waals surface area (Å²) >= 11 is 5.87. The highest BCUT2D eigenvalue weighted by atomic mass is 35.5. The van der Waals surface area contributed by atoms with Gasteiger partial charge in [-0.1, -0.05) is 23.7 Å². The SMILES string of the molecule is COc1ccc(OC)c([C@@H](C)N=Cc2ccc(Cl)cc2)c1. The second-order valence-electron chi connectivity index (χ2n) is 4.61. The molecule has 2 aromatic carbocycles. The van der Waals surface area contributed by atoms with Crippen molar-refractivity contribution in [2.75, 3.05) is 14.2 Å². The van der Waals surface area contributed by atoms with Crippen molar-refractivity contribution < 1.29 is 9.47 Å². The van der Waals surface area contributed by atoms with Gasteiger partial charge in [-0.05, 0) is 42.8 Å². The van der Waals surface area contributed by atoms with Gasteiger partial charge in [0, 0.05) is 16.8 Å². The van der Waals surface area contributed by atoms with Crippen molar-refractivity contribution in [1.82, 2.24) is 0 Å². The maximum absolute atomic E-state index is 5.87. The molecule has 110 valence electrons. The highest BCUT2D eigenvalue weighted by Crippen LogP contribution is 2.31. The van der Waals surface area contributed by atoms with E-state index in [2.05, 4.69) is 4.99 Å². The fourth-order valence-electron chi connectivity index (χ4n) is 1.99. The van der Waals surface area contributed by atoms with Crippen molar-refractivity contribution in [3.8, 4) is 11.5 Å². The molecule has 0 heterocycles. The summed E-state index contributed by atoms with van der Waals surface area (Å²) < 4.78 is 10.6. The van der Waals surface area contributed by atoms with Crippen LogP contribution < -0.4 is 9.47 Å². The molecule has 0 saturated carbocycles. The minimum atomic E-state index is -0.0364. The first kappa shape index (κ1) is 15.4. The van der Waals surface area contributed by atoms with Crippen LogP contribution in [0.1, 0.15) is 24.1 Å². The third-order valence-electron chi connectivity index (χ3n) is 3.20. The lowest BCUT2D eigenvalue weighted by Gasteiger charge is -2.13. The van der Waals surface area contributed by atoms with Crippen LogP contribution in [0.2, 0.25) is 5.02 Å². The van der Waals surface area contributed by atoms with Gasteiger partial charge >= 0.3 is 0 Å². The lowest BCUT2D eigenvalue weighted by Crippen LogP contribution is -1.97. The predicted molar refractivity (Wildman–Crippen MR) is 87.0 cm³/mol. The summed E-state index contributed by atoms with van der Waals surface area (Å²) in [4.78, 5) is 4.57. The molecule has 0 fully saturated rings. The second-order valence-corrected chi connectivity index (χ2v) is 5.05. The van der Waals surface area contributed by atoms with Crippen LogP contribution in [-0.4, -0.2) is 20.4 Å². The molecular weight excluding hydrogens is 286 g/mol. The zero-order valence-corrected chi connectivity index (χ0v) is 13.1. The van der Waals surface area contributed by atoms with Gasteiger partial charge in [-0.3, -0.25) is 4.99 Å². The quantitative estimate of drug-likeness (QED) is 0.759. The van der Waals surface area contributed by atoms with Crippen molar-refractivity contribution in [2.24, 2.45) is 4.99 Å². The van der Waals surface area contributed by atoms with E-state index in [1.165, 1.54) is 0 Å². The summed E-state index contributed by atoms with van der Waals surface area (Å²) in [6.45, 7) is 2.02. The molecule has 0 saturated heterocycles. The minimum absolute atomic E-state index is 0.0364. The third kappa shape index (κ3) is 3.99. The highest BCUT2D eigenvalue weighted by Gasteiger charge is 2.11. The third-order valence-corrected chi connectivity index (χ3v) is 3.46. The number of aliphatic imine (C=N–C) groups is 1. The van der Waals surface area contributed by atoms with Gasteiger partial charge in [0.05, 0.1) is 20.3 Å². The van der Waals surface area contributed by atoms with Crippen molar-refractivity contribution >= 4 is 17.8 Å². The maximum atomic E-state index is 5.87. The van der Waals surface area contributed by atoms with Crippen LogP contribution in [0.25, 0.3) is 0 Å². The monoisotopic (exact) mass is 303 g/mol. The zero-order chi connectivity index (χ0) is 15.2. The number of ether oxygens (including phenoxy) is 2. The van der Waals surface area contributed by atoms with E-state index >= 15 is 0 Å². The molecular formula is C17H18ClNO2. The first-order valence-corrected chi connectivity index (χ1v) is 7.02. The van der Waals surface area contributed by atoms with Crippen LogP contribution in [0.5, 0.6) is 11.5 Å². The summed E-state index contributed by atoms with van der Waals surface area (Å²) in [7, 11) is 3.30. The Morgan fingerprint density at radius 2 is 1.76 bits per heavy atom. The van der Waals surface area contributed by atoms with Gasteiger partial charge in [0.25, 0.3) is 0 Å². The van der Waals surface area contributed by atoms with Crippen LogP contribution in [0, 0.1) is 0 Å². The predicted octanol–water partition coefficient (Wildman–Crippen LogP) is 4.54. The lowest BCUT2D eigenvalue weighted by molar-refractivity contribution is 0.396. The van der Waals surface area contributed by atoms with Gasteiger partial charge in [0.2, 0.25) is 0 Å². The van der Waals surface area contributed by atoms with Crippen molar-refractivity contribution in [2.45, 2.75) is 13.0 Å². The Bertz CT molecular complexity index is 623. The Balaban J connectivity index is 2.22. The normalized spacial score (nSPS) is 12.4.